The van der Waals surface area contributed by atoms with Crippen LogP contribution in [0.15, 0.2) is 41.0 Å². The average Bonchev–Trinajstić information content (AvgIpc) is 3.12. The average molecular weight is 359 g/mol. The maximum absolute atomic E-state index is 11.5. The lowest BCUT2D eigenvalue weighted by molar-refractivity contribution is -0.165. The summed E-state index contributed by atoms with van der Waals surface area (Å²) < 4.78 is 15.9. The molecule has 1 aromatic carbocycles. The van der Waals surface area contributed by atoms with Crippen molar-refractivity contribution >= 4 is 5.97 Å². The van der Waals surface area contributed by atoms with Gasteiger partial charge in [0, 0.05) is 12.2 Å². The second-order valence-electron chi connectivity index (χ2n) is 6.88. The Morgan fingerprint density at radius 1 is 1.08 bits per heavy atom. The zero-order valence-electron chi connectivity index (χ0n) is 16.0. The third kappa shape index (κ3) is 6.30. The molecule has 0 fully saturated rings. The van der Waals surface area contributed by atoms with Crippen LogP contribution >= 0.6 is 0 Å². The maximum atomic E-state index is 11.5. The molecule has 0 amide bonds. The van der Waals surface area contributed by atoms with Crippen molar-refractivity contribution in [2.24, 2.45) is 0 Å². The number of ether oxygens (including phenoxy) is 2. The van der Waals surface area contributed by atoms with Crippen molar-refractivity contribution in [2.45, 2.75) is 58.0 Å². The molecule has 0 aliphatic heterocycles. The first kappa shape index (κ1) is 20.2. The van der Waals surface area contributed by atoms with Crippen LogP contribution in [0.1, 0.15) is 51.6 Å². The number of hydrogen-bond donors (Lipinski definition) is 0. The van der Waals surface area contributed by atoms with E-state index in [1.807, 2.05) is 30.3 Å². The highest BCUT2D eigenvalue weighted by Crippen LogP contribution is 2.19. The van der Waals surface area contributed by atoms with Gasteiger partial charge in [0.05, 0.1) is 12.8 Å². The minimum absolute atomic E-state index is 0.333. The Bertz CT molecular complexity index is 664. The summed E-state index contributed by atoms with van der Waals surface area (Å²) in [5.74, 6) is 0.353. The van der Waals surface area contributed by atoms with Crippen LogP contribution in [-0.2, 0) is 20.7 Å². The number of esters is 1. The van der Waals surface area contributed by atoms with E-state index in [4.69, 9.17) is 13.9 Å². The predicted octanol–water partition coefficient (Wildman–Crippen LogP) is 4.80. The molecule has 0 saturated carbocycles. The van der Waals surface area contributed by atoms with Gasteiger partial charge in [-0.25, -0.2) is 9.78 Å². The largest absolute Gasteiger partial charge is 0.467 e. The minimum atomic E-state index is -0.863. The number of oxazole rings is 1. The van der Waals surface area contributed by atoms with Gasteiger partial charge in [-0.05, 0) is 45.2 Å². The molecule has 0 aliphatic rings. The zero-order chi connectivity index (χ0) is 18.8. The van der Waals surface area contributed by atoms with Gasteiger partial charge in [0.25, 0.3) is 0 Å². The topological polar surface area (TPSA) is 61.6 Å². The van der Waals surface area contributed by atoms with Gasteiger partial charge in [0.2, 0.25) is 5.89 Å². The second-order valence-corrected chi connectivity index (χ2v) is 6.88. The van der Waals surface area contributed by atoms with E-state index in [1.54, 1.807) is 20.1 Å². The monoisotopic (exact) mass is 359 g/mol. The third-order valence-corrected chi connectivity index (χ3v) is 4.29. The van der Waals surface area contributed by atoms with E-state index in [-0.39, 0.29) is 5.97 Å². The molecule has 142 valence electrons. The molecule has 0 bridgehead atoms. The molecule has 0 aliphatic carbocycles. The number of benzene rings is 1. The molecule has 1 aromatic heterocycles. The van der Waals surface area contributed by atoms with Gasteiger partial charge in [-0.2, -0.15) is 0 Å². The Morgan fingerprint density at radius 2 is 1.77 bits per heavy atom. The second kappa shape index (κ2) is 10.1. The number of methoxy groups -OCH3 is 1. The van der Waals surface area contributed by atoms with Crippen LogP contribution < -0.4 is 0 Å². The molecule has 5 heteroatoms. The normalized spacial score (nSPS) is 11.5. The Balaban J connectivity index is 1.56. The lowest BCUT2D eigenvalue weighted by Crippen LogP contribution is -2.36. The van der Waals surface area contributed by atoms with E-state index in [1.165, 1.54) is 7.11 Å². The lowest BCUT2D eigenvalue weighted by Gasteiger charge is -2.22. The number of rotatable bonds is 11. The van der Waals surface area contributed by atoms with Gasteiger partial charge in [-0.15, -0.1) is 0 Å². The van der Waals surface area contributed by atoms with Crippen LogP contribution in [0.3, 0.4) is 0 Å². The molecule has 1 heterocycles. The van der Waals surface area contributed by atoms with E-state index in [0.717, 1.165) is 49.8 Å². The van der Waals surface area contributed by atoms with Gasteiger partial charge in [-0.3, -0.25) is 0 Å². The number of hydrogen-bond acceptors (Lipinski definition) is 5. The highest BCUT2D eigenvalue weighted by molar-refractivity contribution is 5.78. The van der Waals surface area contributed by atoms with Gasteiger partial charge in [-0.1, -0.05) is 37.5 Å². The lowest BCUT2D eigenvalue weighted by atomic mass is 10.1. The first-order chi connectivity index (χ1) is 12.5. The molecule has 0 N–H and O–H groups in total. The number of carbonyl (C=O) groups is 1. The molecular weight excluding hydrogens is 330 g/mol. The Labute approximate surface area is 155 Å². The van der Waals surface area contributed by atoms with E-state index < -0.39 is 5.60 Å². The van der Waals surface area contributed by atoms with Crippen LogP contribution in [0, 0.1) is 0 Å². The van der Waals surface area contributed by atoms with E-state index in [9.17, 15) is 4.79 Å². The summed E-state index contributed by atoms with van der Waals surface area (Å²) in [5.41, 5.74) is 1.15. The number of aryl methyl sites for hydroxylation is 1. The van der Waals surface area contributed by atoms with Gasteiger partial charge in [0.1, 0.15) is 6.26 Å². The van der Waals surface area contributed by atoms with Crippen molar-refractivity contribution in [2.75, 3.05) is 13.7 Å². The quantitative estimate of drug-likeness (QED) is 0.426. The van der Waals surface area contributed by atoms with Crippen molar-refractivity contribution < 1.29 is 18.7 Å². The third-order valence-electron chi connectivity index (χ3n) is 4.29. The Kier molecular flexibility index (Phi) is 7.85. The zero-order valence-corrected chi connectivity index (χ0v) is 16.0. The van der Waals surface area contributed by atoms with E-state index in [2.05, 4.69) is 4.98 Å². The minimum Gasteiger partial charge on any atom is -0.467 e. The number of nitrogens with zero attached hydrogens (tertiary/aromatic N) is 1. The van der Waals surface area contributed by atoms with E-state index >= 15 is 0 Å². The molecular formula is C21H29NO4. The van der Waals surface area contributed by atoms with Gasteiger partial charge < -0.3 is 13.9 Å². The Hall–Kier alpha value is -2.14. The van der Waals surface area contributed by atoms with Crippen LogP contribution in [0.4, 0.5) is 0 Å². The van der Waals surface area contributed by atoms with E-state index in [0.29, 0.717) is 12.5 Å². The molecule has 0 unspecified atom stereocenters. The SMILES string of the molecule is COC(=O)C(C)(C)OCCCCCCCc1coc(-c2ccccc2)n1. The summed E-state index contributed by atoms with van der Waals surface area (Å²) in [6.45, 7) is 4.05. The molecule has 0 spiro atoms. The van der Waals surface area contributed by atoms with Gasteiger partial charge >= 0.3 is 5.97 Å². The molecule has 0 atom stereocenters. The van der Waals surface area contributed by atoms with Crippen LogP contribution in [0.2, 0.25) is 0 Å². The first-order valence-electron chi connectivity index (χ1n) is 9.25. The highest BCUT2D eigenvalue weighted by Gasteiger charge is 2.29. The van der Waals surface area contributed by atoms with Crippen molar-refractivity contribution in [3.8, 4) is 11.5 Å². The van der Waals surface area contributed by atoms with Gasteiger partial charge in [0.15, 0.2) is 5.60 Å². The fraction of sp³-hybridized carbons (Fsp3) is 0.524. The molecule has 2 aromatic rings. The first-order valence-corrected chi connectivity index (χ1v) is 9.25. The number of unbranched alkanes of at least 4 members (excludes halogenated alkanes) is 4. The molecule has 0 radical (unpaired) electrons. The fourth-order valence-electron chi connectivity index (χ4n) is 2.71. The molecule has 0 saturated heterocycles. The van der Waals surface area contributed by atoms with Crippen LogP contribution in [0.5, 0.6) is 0 Å². The molecule has 5 nitrogen and oxygen atoms in total. The Morgan fingerprint density at radius 3 is 2.50 bits per heavy atom. The molecule has 2 rings (SSSR count). The smallest absolute Gasteiger partial charge is 0.337 e. The van der Waals surface area contributed by atoms with Crippen LogP contribution in [0.25, 0.3) is 11.5 Å². The van der Waals surface area contributed by atoms with Crippen LogP contribution in [-0.4, -0.2) is 30.3 Å². The standard InChI is InChI=1S/C21H29NO4/c1-21(2,20(23)24-3)26-15-11-6-4-5-10-14-18-16-25-19(22-18)17-12-8-7-9-13-17/h7-9,12-13,16H,4-6,10-11,14-15H2,1-3H3. The van der Waals surface area contributed by atoms with Crippen molar-refractivity contribution in [1.82, 2.24) is 4.98 Å². The summed E-state index contributed by atoms with van der Waals surface area (Å²) >= 11 is 0. The summed E-state index contributed by atoms with van der Waals surface area (Å²) in [7, 11) is 1.38. The summed E-state index contributed by atoms with van der Waals surface area (Å²) in [6, 6.07) is 9.94. The summed E-state index contributed by atoms with van der Waals surface area (Å²) in [4.78, 5) is 16.1. The maximum Gasteiger partial charge on any atom is 0.337 e. The number of aromatic nitrogens is 1. The molecule has 26 heavy (non-hydrogen) atoms. The summed E-state index contributed by atoms with van der Waals surface area (Å²) in [5, 5.41) is 0. The number of carbonyl (C=O) groups excluding carboxylic acids is 1. The van der Waals surface area contributed by atoms with Crippen molar-refractivity contribution in [3.63, 3.8) is 0 Å². The highest BCUT2D eigenvalue weighted by atomic mass is 16.6. The van der Waals surface area contributed by atoms with Crippen molar-refractivity contribution in [1.29, 1.82) is 0 Å². The van der Waals surface area contributed by atoms with Crippen molar-refractivity contribution in [3.05, 3.63) is 42.3 Å². The predicted molar refractivity (Wildman–Crippen MR) is 101 cm³/mol. The fourth-order valence-corrected chi connectivity index (χ4v) is 2.71. The summed E-state index contributed by atoms with van der Waals surface area (Å²) in [6.07, 6.45) is 8.11.